The average Bonchev–Trinajstić information content (AvgIpc) is 3.23. The van der Waals surface area contributed by atoms with Gasteiger partial charge in [0.1, 0.15) is 0 Å². The van der Waals surface area contributed by atoms with Crippen LogP contribution in [0.4, 0.5) is 0 Å². The number of likely N-dealkylation sites (N-methyl/N-ethyl adjacent to an activating group) is 1. The summed E-state index contributed by atoms with van der Waals surface area (Å²) in [5.41, 5.74) is 1.38. The lowest BCUT2D eigenvalue weighted by Gasteiger charge is -2.19. The van der Waals surface area contributed by atoms with Crippen LogP contribution in [0.5, 0.6) is 0 Å². The zero-order valence-electron chi connectivity index (χ0n) is 11.4. The minimum Gasteiger partial charge on any atom is -0.478 e. The van der Waals surface area contributed by atoms with Gasteiger partial charge in [0.05, 0.1) is 5.56 Å². The van der Waals surface area contributed by atoms with Crippen molar-refractivity contribution in [2.24, 2.45) is 0 Å². The van der Waals surface area contributed by atoms with Crippen molar-refractivity contribution < 1.29 is 9.90 Å². The van der Waals surface area contributed by atoms with Crippen molar-refractivity contribution in [2.75, 3.05) is 19.6 Å². The zero-order valence-corrected chi connectivity index (χ0v) is 11.4. The summed E-state index contributed by atoms with van der Waals surface area (Å²) in [4.78, 5) is 13.4. The molecule has 4 heteroatoms. The highest BCUT2D eigenvalue weighted by Gasteiger charge is 2.26. The number of nitrogens with zero attached hydrogens (tertiary/aromatic N) is 1. The minimum absolute atomic E-state index is 0.354. The van der Waals surface area contributed by atoms with Crippen molar-refractivity contribution in [1.82, 2.24) is 10.2 Å². The third-order valence-electron chi connectivity index (χ3n) is 3.55. The Morgan fingerprint density at radius 2 is 2.26 bits per heavy atom. The molecule has 0 unspecified atom stereocenters. The van der Waals surface area contributed by atoms with Crippen molar-refractivity contribution in [3.05, 3.63) is 35.4 Å². The van der Waals surface area contributed by atoms with Crippen molar-refractivity contribution in [3.63, 3.8) is 0 Å². The van der Waals surface area contributed by atoms with Crippen molar-refractivity contribution in [1.29, 1.82) is 0 Å². The van der Waals surface area contributed by atoms with E-state index in [0.29, 0.717) is 5.56 Å². The summed E-state index contributed by atoms with van der Waals surface area (Å²) >= 11 is 0. The summed E-state index contributed by atoms with van der Waals surface area (Å²) in [6.07, 6.45) is 2.68. The molecule has 0 bridgehead atoms. The molecule has 0 spiro atoms. The van der Waals surface area contributed by atoms with E-state index in [1.54, 1.807) is 18.2 Å². The first-order chi connectivity index (χ1) is 9.20. The topological polar surface area (TPSA) is 52.6 Å². The molecule has 1 fully saturated rings. The number of hydrogen-bond donors (Lipinski definition) is 2. The van der Waals surface area contributed by atoms with E-state index in [9.17, 15) is 4.79 Å². The third-order valence-corrected chi connectivity index (χ3v) is 3.55. The number of rotatable bonds is 8. The Morgan fingerprint density at radius 3 is 2.89 bits per heavy atom. The first-order valence-electron chi connectivity index (χ1n) is 6.97. The van der Waals surface area contributed by atoms with Crippen LogP contribution < -0.4 is 5.32 Å². The number of benzene rings is 1. The molecule has 19 heavy (non-hydrogen) atoms. The van der Waals surface area contributed by atoms with Gasteiger partial charge in [-0.3, -0.25) is 4.90 Å². The predicted octanol–water partition coefficient (Wildman–Crippen LogP) is 1.96. The second kappa shape index (κ2) is 6.68. The first-order valence-corrected chi connectivity index (χ1v) is 6.97. The summed E-state index contributed by atoms with van der Waals surface area (Å²) in [7, 11) is 0. The number of aromatic carboxylic acids is 1. The molecule has 0 aliphatic heterocycles. The van der Waals surface area contributed by atoms with Crippen LogP contribution >= 0.6 is 0 Å². The summed E-state index contributed by atoms with van der Waals surface area (Å²) in [5.74, 6) is -0.868. The Balaban J connectivity index is 1.73. The molecule has 1 aliphatic carbocycles. The smallest absolute Gasteiger partial charge is 0.335 e. The van der Waals surface area contributed by atoms with Crippen molar-refractivity contribution >= 4 is 5.97 Å². The molecule has 0 aromatic heterocycles. The van der Waals surface area contributed by atoms with Gasteiger partial charge in [0, 0.05) is 25.7 Å². The van der Waals surface area contributed by atoms with Gasteiger partial charge in [-0.25, -0.2) is 4.79 Å². The van der Waals surface area contributed by atoms with Crippen LogP contribution in [0.1, 0.15) is 35.7 Å². The lowest BCUT2D eigenvalue weighted by Crippen LogP contribution is -2.33. The molecule has 0 atom stereocenters. The van der Waals surface area contributed by atoms with Gasteiger partial charge in [-0.1, -0.05) is 19.1 Å². The van der Waals surface area contributed by atoms with E-state index >= 15 is 0 Å². The maximum Gasteiger partial charge on any atom is 0.335 e. The molecule has 1 aliphatic rings. The number of hydrogen-bond acceptors (Lipinski definition) is 3. The minimum atomic E-state index is -0.868. The molecule has 0 heterocycles. The van der Waals surface area contributed by atoms with E-state index in [0.717, 1.165) is 37.8 Å². The number of carbonyl (C=O) groups is 1. The Labute approximate surface area is 114 Å². The molecular weight excluding hydrogens is 240 g/mol. The van der Waals surface area contributed by atoms with Crippen molar-refractivity contribution in [2.45, 2.75) is 32.4 Å². The summed E-state index contributed by atoms with van der Waals surface area (Å²) in [6, 6.07) is 7.91. The van der Waals surface area contributed by atoms with Gasteiger partial charge in [0.25, 0.3) is 0 Å². The molecule has 0 amide bonds. The average molecular weight is 262 g/mol. The maximum atomic E-state index is 10.9. The van der Waals surface area contributed by atoms with Crippen LogP contribution in [0.3, 0.4) is 0 Å². The van der Waals surface area contributed by atoms with Crippen LogP contribution in [-0.4, -0.2) is 41.7 Å². The van der Waals surface area contributed by atoms with Crippen LogP contribution in [0.15, 0.2) is 24.3 Å². The SMILES string of the molecule is CCN(CCNCc1cccc(C(=O)O)c1)C1CC1. The monoisotopic (exact) mass is 262 g/mol. The molecule has 4 nitrogen and oxygen atoms in total. The standard InChI is InChI=1S/C15H22N2O2/c1-2-17(14-6-7-14)9-8-16-11-12-4-3-5-13(10-12)15(18)19/h3-5,10,14,16H,2,6-9,11H2,1H3,(H,18,19). The normalized spacial score (nSPS) is 14.8. The molecule has 0 radical (unpaired) electrons. The Hall–Kier alpha value is -1.39. The van der Waals surface area contributed by atoms with E-state index in [1.165, 1.54) is 12.8 Å². The predicted molar refractivity (Wildman–Crippen MR) is 75.4 cm³/mol. The summed E-state index contributed by atoms with van der Waals surface area (Å²) in [5, 5.41) is 12.3. The van der Waals surface area contributed by atoms with Gasteiger partial charge in [-0.05, 0) is 37.1 Å². The quantitative estimate of drug-likeness (QED) is 0.703. The van der Waals surface area contributed by atoms with Gasteiger partial charge in [0.15, 0.2) is 0 Å². The molecule has 104 valence electrons. The van der Waals surface area contributed by atoms with E-state index in [-0.39, 0.29) is 0 Å². The van der Waals surface area contributed by atoms with Gasteiger partial charge in [0.2, 0.25) is 0 Å². The largest absolute Gasteiger partial charge is 0.478 e. The highest BCUT2D eigenvalue weighted by atomic mass is 16.4. The van der Waals surface area contributed by atoms with Gasteiger partial charge in [-0.15, -0.1) is 0 Å². The lowest BCUT2D eigenvalue weighted by atomic mass is 10.1. The Kier molecular flexibility index (Phi) is 4.93. The summed E-state index contributed by atoms with van der Waals surface area (Å²) < 4.78 is 0. The molecule has 1 saturated carbocycles. The van der Waals surface area contributed by atoms with Crippen LogP contribution in [0.2, 0.25) is 0 Å². The first kappa shape index (κ1) is 14.0. The fraction of sp³-hybridized carbons (Fsp3) is 0.533. The zero-order chi connectivity index (χ0) is 13.7. The molecule has 2 N–H and O–H groups in total. The molecular formula is C15H22N2O2. The third kappa shape index (κ3) is 4.33. The van der Waals surface area contributed by atoms with Crippen LogP contribution in [0.25, 0.3) is 0 Å². The highest BCUT2D eigenvalue weighted by Crippen LogP contribution is 2.25. The molecule has 2 rings (SSSR count). The van der Waals surface area contributed by atoms with Crippen molar-refractivity contribution in [3.8, 4) is 0 Å². The van der Waals surface area contributed by atoms with Gasteiger partial charge in [-0.2, -0.15) is 0 Å². The second-order valence-electron chi connectivity index (χ2n) is 5.04. The number of carboxylic acid groups (broad SMARTS) is 1. The van der Waals surface area contributed by atoms with E-state index < -0.39 is 5.97 Å². The van der Waals surface area contributed by atoms with E-state index in [4.69, 9.17) is 5.11 Å². The number of carboxylic acids is 1. The van der Waals surface area contributed by atoms with E-state index in [1.807, 2.05) is 6.07 Å². The van der Waals surface area contributed by atoms with Crippen LogP contribution in [-0.2, 0) is 6.54 Å². The van der Waals surface area contributed by atoms with E-state index in [2.05, 4.69) is 17.1 Å². The second-order valence-corrected chi connectivity index (χ2v) is 5.04. The maximum absolute atomic E-state index is 10.9. The fourth-order valence-electron chi connectivity index (χ4n) is 2.31. The van der Waals surface area contributed by atoms with Gasteiger partial charge < -0.3 is 10.4 Å². The molecule has 1 aromatic carbocycles. The molecule has 1 aromatic rings. The van der Waals surface area contributed by atoms with Gasteiger partial charge >= 0.3 is 5.97 Å². The fourth-order valence-corrected chi connectivity index (χ4v) is 2.31. The highest BCUT2D eigenvalue weighted by molar-refractivity contribution is 5.87. The number of nitrogens with one attached hydrogen (secondary N) is 1. The lowest BCUT2D eigenvalue weighted by molar-refractivity contribution is 0.0696. The Morgan fingerprint density at radius 1 is 1.47 bits per heavy atom. The summed E-state index contributed by atoms with van der Waals surface area (Å²) in [6.45, 7) is 6.06. The van der Waals surface area contributed by atoms with Crippen LogP contribution in [0, 0.1) is 0 Å². The molecule has 0 saturated heterocycles. The Bertz CT molecular complexity index is 430.